The Labute approximate surface area is 150 Å². The molecule has 6 heteroatoms. The van der Waals surface area contributed by atoms with Gasteiger partial charge in [0.25, 0.3) is 0 Å². The number of rotatable bonds is 5. The van der Waals surface area contributed by atoms with Crippen molar-refractivity contribution in [3.63, 3.8) is 0 Å². The maximum absolute atomic E-state index is 8.94. The summed E-state index contributed by atoms with van der Waals surface area (Å²) in [6, 6.07) is 0. The average Bonchev–Trinajstić information content (AvgIpc) is 2.82. The molecule has 1 spiro atoms. The molecule has 5 aliphatic rings. The Morgan fingerprint density at radius 3 is 2.72 bits per heavy atom. The third kappa shape index (κ3) is 2.86. The van der Waals surface area contributed by atoms with Crippen LogP contribution in [0.15, 0.2) is 0 Å². The minimum absolute atomic E-state index is 0.199. The summed E-state index contributed by atoms with van der Waals surface area (Å²) in [7, 11) is 0. The lowest BCUT2D eigenvalue weighted by molar-refractivity contribution is -0.577. The van der Waals surface area contributed by atoms with Crippen LogP contribution in [0.3, 0.4) is 0 Å². The first-order valence-corrected chi connectivity index (χ1v) is 9.93. The van der Waals surface area contributed by atoms with Crippen LogP contribution in [-0.2, 0) is 24.0 Å². The Kier molecular flexibility index (Phi) is 4.88. The highest BCUT2D eigenvalue weighted by molar-refractivity contribution is 5.09. The fraction of sp³-hybridized carbons (Fsp3) is 1.00. The van der Waals surface area contributed by atoms with Crippen molar-refractivity contribution in [3.05, 3.63) is 0 Å². The van der Waals surface area contributed by atoms with Crippen molar-refractivity contribution >= 4 is 0 Å². The molecule has 5 rings (SSSR count). The summed E-state index contributed by atoms with van der Waals surface area (Å²) < 4.78 is 18.7. The van der Waals surface area contributed by atoms with E-state index in [0.29, 0.717) is 24.4 Å². The molecule has 2 unspecified atom stereocenters. The van der Waals surface area contributed by atoms with E-state index in [1.54, 1.807) is 0 Å². The summed E-state index contributed by atoms with van der Waals surface area (Å²) in [5, 5.41) is 8.94. The monoisotopic (exact) mass is 356 g/mol. The van der Waals surface area contributed by atoms with Crippen LogP contribution < -0.4 is 0 Å². The summed E-state index contributed by atoms with van der Waals surface area (Å²) in [5.41, 5.74) is -0.516. The number of ether oxygens (including phenoxy) is 3. The van der Waals surface area contributed by atoms with Gasteiger partial charge < -0.3 is 19.3 Å². The Hall–Kier alpha value is -0.240. The largest absolute Gasteiger partial charge is 0.396 e. The van der Waals surface area contributed by atoms with Crippen molar-refractivity contribution in [1.29, 1.82) is 0 Å². The van der Waals surface area contributed by atoms with Crippen LogP contribution in [0.1, 0.15) is 59.3 Å². The summed E-state index contributed by atoms with van der Waals surface area (Å²) in [6.07, 6.45) is 5.01. The smallest absolute Gasteiger partial charge is 0.201 e. The first-order chi connectivity index (χ1) is 12.0. The topological polar surface area (TPSA) is 66.4 Å². The number of unbranched alkanes of at least 4 members (excludes halogenated alkanes) is 1. The van der Waals surface area contributed by atoms with Crippen LogP contribution in [0.5, 0.6) is 0 Å². The standard InChI is InChI=1S/C19H32O6/c1-12-6-7-15-13(2)16(21-11-5-4-10-20)22-17-19(15)14(12)8-9-18(3,23-17)24-25-19/h12-17,20H,4-11H2,1-3H3/t12-,13-,14?,15+,16+,17-,18+,19?/m1/s1. The zero-order valence-electron chi connectivity index (χ0n) is 15.6. The lowest BCUT2D eigenvalue weighted by atomic mass is 9.58. The van der Waals surface area contributed by atoms with Crippen molar-refractivity contribution in [2.75, 3.05) is 13.2 Å². The number of hydrogen-bond acceptors (Lipinski definition) is 6. The van der Waals surface area contributed by atoms with Gasteiger partial charge in [-0.1, -0.05) is 13.8 Å². The highest BCUT2D eigenvalue weighted by atomic mass is 17.3. The number of aliphatic hydroxyl groups excluding tert-OH is 1. The van der Waals surface area contributed by atoms with Gasteiger partial charge in [0.2, 0.25) is 5.79 Å². The van der Waals surface area contributed by atoms with Gasteiger partial charge in [0, 0.05) is 31.5 Å². The van der Waals surface area contributed by atoms with E-state index in [4.69, 9.17) is 29.1 Å². The minimum atomic E-state index is -0.737. The van der Waals surface area contributed by atoms with Crippen LogP contribution in [0.2, 0.25) is 0 Å². The van der Waals surface area contributed by atoms with Gasteiger partial charge in [-0.05, 0) is 50.9 Å². The van der Waals surface area contributed by atoms with E-state index < -0.39 is 17.7 Å². The molecule has 4 saturated heterocycles. The second-order valence-corrected chi connectivity index (χ2v) is 8.58. The molecule has 0 radical (unpaired) electrons. The summed E-state index contributed by atoms with van der Waals surface area (Å²) in [6.45, 7) is 7.25. The van der Waals surface area contributed by atoms with Gasteiger partial charge >= 0.3 is 0 Å². The normalized spacial score (nSPS) is 51.8. The molecule has 8 atom stereocenters. The SMILES string of the molecule is C[C@H]1[C@@H](OCCCCO)O[C@@H]2O[C@]3(C)CCC4[C@H](C)CC[C@@H]1C42OO3. The van der Waals surface area contributed by atoms with Crippen molar-refractivity contribution in [2.24, 2.45) is 23.7 Å². The van der Waals surface area contributed by atoms with E-state index in [2.05, 4.69) is 13.8 Å². The van der Waals surface area contributed by atoms with Crippen LogP contribution in [0, 0.1) is 23.7 Å². The fourth-order valence-electron chi connectivity index (χ4n) is 5.48. The van der Waals surface area contributed by atoms with Crippen LogP contribution in [-0.4, -0.2) is 42.3 Å². The van der Waals surface area contributed by atoms with Gasteiger partial charge in [-0.2, -0.15) is 0 Å². The minimum Gasteiger partial charge on any atom is -0.396 e. The predicted octanol–water partition coefficient (Wildman–Crippen LogP) is 2.98. The molecule has 144 valence electrons. The first-order valence-electron chi connectivity index (χ1n) is 9.93. The maximum Gasteiger partial charge on any atom is 0.201 e. The first kappa shape index (κ1) is 18.1. The second-order valence-electron chi connectivity index (χ2n) is 8.58. The summed E-state index contributed by atoms with van der Waals surface area (Å²) in [5.74, 6) is 0.745. The van der Waals surface area contributed by atoms with Crippen LogP contribution >= 0.6 is 0 Å². The Bertz CT molecular complexity index is 487. The molecule has 4 heterocycles. The van der Waals surface area contributed by atoms with E-state index >= 15 is 0 Å². The van der Waals surface area contributed by atoms with Crippen molar-refractivity contribution in [1.82, 2.24) is 0 Å². The molecule has 0 aromatic rings. The molecule has 25 heavy (non-hydrogen) atoms. The van der Waals surface area contributed by atoms with Gasteiger partial charge in [-0.3, -0.25) is 0 Å². The molecule has 0 aromatic carbocycles. The highest BCUT2D eigenvalue weighted by Gasteiger charge is 2.69. The number of fused-ring (bicyclic) bond motifs is 2. The van der Waals surface area contributed by atoms with Gasteiger partial charge in [-0.25, -0.2) is 9.78 Å². The van der Waals surface area contributed by atoms with Crippen molar-refractivity contribution in [2.45, 2.75) is 83.3 Å². The van der Waals surface area contributed by atoms with E-state index in [9.17, 15) is 0 Å². The maximum atomic E-state index is 8.94. The zero-order chi connectivity index (χ0) is 17.7. The lowest BCUT2D eigenvalue weighted by Crippen LogP contribution is -2.70. The van der Waals surface area contributed by atoms with Crippen molar-refractivity contribution in [3.8, 4) is 0 Å². The van der Waals surface area contributed by atoms with Crippen LogP contribution in [0.4, 0.5) is 0 Å². The van der Waals surface area contributed by atoms with E-state index in [1.165, 1.54) is 6.42 Å². The molecule has 5 fully saturated rings. The van der Waals surface area contributed by atoms with Gasteiger partial charge in [-0.15, -0.1) is 0 Å². The van der Waals surface area contributed by atoms with Gasteiger partial charge in [0.1, 0.15) is 0 Å². The molecular formula is C19H32O6. The Balaban J connectivity index is 1.58. The molecule has 1 saturated carbocycles. The zero-order valence-corrected chi connectivity index (χ0v) is 15.6. The molecule has 0 aromatic heterocycles. The quantitative estimate of drug-likeness (QED) is 0.603. The summed E-state index contributed by atoms with van der Waals surface area (Å²) >= 11 is 0. The average molecular weight is 356 g/mol. The molecule has 1 aliphatic carbocycles. The van der Waals surface area contributed by atoms with Crippen molar-refractivity contribution < 1.29 is 29.1 Å². The molecule has 0 amide bonds. The molecule has 1 N–H and O–H groups in total. The van der Waals surface area contributed by atoms with Crippen LogP contribution in [0.25, 0.3) is 0 Å². The van der Waals surface area contributed by atoms with E-state index in [1.807, 2.05) is 6.92 Å². The Morgan fingerprint density at radius 2 is 1.92 bits per heavy atom. The van der Waals surface area contributed by atoms with Gasteiger partial charge in [0.15, 0.2) is 18.2 Å². The third-order valence-corrected chi connectivity index (χ3v) is 6.93. The number of hydrogen-bond donors (Lipinski definition) is 1. The predicted molar refractivity (Wildman–Crippen MR) is 89.1 cm³/mol. The second kappa shape index (κ2) is 6.73. The molecule has 2 bridgehead atoms. The highest BCUT2D eigenvalue weighted by Crippen LogP contribution is 2.60. The molecule has 4 aliphatic heterocycles. The third-order valence-electron chi connectivity index (χ3n) is 6.93. The fourth-order valence-corrected chi connectivity index (χ4v) is 5.48. The summed E-state index contributed by atoms with van der Waals surface area (Å²) in [4.78, 5) is 11.9. The van der Waals surface area contributed by atoms with Gasteiger partial charge in [0.05, 0.1) is 0 Å². The van der Waals surface area contributed by atoms with E-state index in [-0.39, 0.29) is 18.8 Å². The Morgan fingerprint density at radius 1 is 1.08 bits per heavy atom. The molecular weight excluding hydrogens is 324 g/mol. The molecule has 6 nitrogen and oxygen atoms in total. The number of aliphatic hydroxyl groups is 1. The van der Waals surface area contributed by atoms with E-state index in [0.717, 1.165) is 32.1 Å². The lowest BCUT2D eigenvalue weighted by Gasteiger charge is -2.60.